The average Bonchev–Trinajstić information content (AvgIpc) is 2.42. The van der Waals surface area contributed by atoms with Crippen molar-refractivity contribution in [2.24, 2.45) is 5.73 Å². The van der Waals surface area contributed by atoms with Gasteiger partial charge in [-0.1, -0.05) is 70.5 Å². The Morgan fingerprint density at radius 3 is 2.21 bits per heavy atom. The molecule has 2 N–H and O–H groups in total. The van der Waals surface area contributed by atoms with Crippen molar-refractivity contribution in [3.8, 4) is 0 Å². The molecule has 0 spiro atoms. The van der Waals surface area contributed by atoms with E-state index >= 15 is 0 Å². The molecule has 0 aliphatic carbocycles. The third-order valence-corrected chi connectivity index (χ3v) is 3.84. The standard InChI is InChI=1S/C16H16BrNO/c17-15(16(18)19)11-14-9-5-4-8-13(14)10-12-6-2-1-3-7-12/h1-9,15H,10-11H2,(H2,18,19). The van der Waals surface area contributed by atoms with Crippen molar-refractivity contribution >= 4 is 21.8 Å². The highest BCUT2D eigenvalue weighted by Gasteiger charge is 2.13. The van der Waals surface area contributed by atoms with E-state index in [2.05, 4.69) is 40.2 Å². The molecule has 0 fully saturated rings. The SMILES string of the molecule is NC(=O)C(Br)Cc1ccccc1Cc1ccccc1. The van der Waals surface area contributed by atoms with Crippen LogP contribution in [0.15, 0.2) is 54.6 Å². The first-order valence-electron chi connectivity index (χ1n) is 6.21. The molecule has 98 valence electrons. The third kappa shape index (κ3) is 3.93. The van der Waals surface area contributed by atoms with Crippen LogP contribution in [0.4, 0.5) is 0 Å². The van der Waals surface area contributed by atoms with E-state index in [1.165, 1.54) is 11.1 Å². The molecular weight excluding hydrogens is 302 g/mol. The molecule has 0 aromatic heterocycles. The Morgan fingerprint density at radius 2 is 1.58 bits per heavy atom. The zero-order valence-corrected chi connectivity index (χ0v) is 12.1. The predicted molar refractivity (Wildman–Crippen MR) is 81.3 cm³/mol. The van der Waals surface area contributed by atoms with Crippen LogP contribution in [0.25, 0.3) is 0 Å². The Bertz CT molecular complexity index is 554. The van der Waals surface area contributed by atoms with Crippen LogP contribution >= 0.6 is 15.9 Å². The van der Waals surface area contributed by atoms with Crippen molar-refractivity contribution < 1.29 is 4.79 Å². The van der Waals surface area contributed by atoms with Gasteiger partial charge in [-0.15, -0.1) is 0 Å². The molecule has 2 rings (SSSR count). The van der Waals surface area contributed by atoms with Gasteiger partial charge in [0.2, 0.25) is 5.91 Å². The lowest BCUT2D eigenvalue weighted by Gasteiger charge is -2.11. The summed E-state index contributed by atoms with van der Waals surface area (Å²) in [5, 5.41) is 0. The Balaban J connectivity index is 2.19. The Kier molecular flexibility index (Phi) is 4.74. The smallest absolute Gasteiger partial charge is 0.231 e. The second-order valence-electron chi connectivity index (χ2n) is 4.51. The predicted octanol–water partition coefficient (Wildman–Crippen LogP) is 3.07. The topological polar surface area (TPSA) is 43.1 Å². The van der Waals surface area contributed by atoms with E-state index in [4.69, 9.17) is 5.73 Å². The Morgan fingerprint density at radius 1 is 1.00 bits per heavy atom. The number of nitrogens with two attached hydrogens (primary N) is 1. The summed E-state index contributed by atoms with van der Waals surface area (Å²) in [6.07, 6.45) is 1.49. The molecule has 0 bridgehead atoms. The molecule has 1 unspecified atom stereocenters. The van der Waals surface area contributed by atoms with Crippen molar-refractivity contribution in [3.63, 3.8) is 0 Å². The number of alkyl halides is 1. The van der Waals surface area contributed by atoms with E-state index in [1.807, 2.05) is 30.3 Å². The molecule has 2 aromatic rings. The Labute approximate surface area is 121 Å². The molecular formula is C16H16BrNO. The fourth-order valence-corrected chi connectivity index (χ4v) is 2.39. The van der Waals surface area contributed by atoms with Crippen LogP contribution in [-0.2, 0) is 17.6 Å². The summed E-state index contributed by atoms with van der Waals surface area (Å²) in [4.78, 5) is 10.8. The number of rotatable bonds is 5. The molecule has 2 nitrogen and oxygen atoms in total. The highest BCUT2D eigenvalue weighted by molar-refractivity contribution is 9.10. The van der Waals surface area contributed by atoms with Crippen molar-refractivity contribution in [2.75, 3.05) is 0 Å². The minimum atomic E-state index is -0.325. The lowest BCUT2D eigenvalue weighted by Crippen LogP contribution is -2.25. The number of primary amides is 1. The quantitative estimate of drug-likeness (QED) is 0.846. The molecule has 2 aromatic carbocycles. The first-order valence-corrected chi connectivity index (χ1v) is 7.12. The number of carbonyl (C=O) groups is 1. The second-order valence-corrected chi connectivity index (χ2v) is 5.61. The minimum Gasteiger partial charge on any atom is -0.369 e. The van der Waals surface area contributed by atoms with E-state index in [0.717, 1.165) is 12.0 Å². The van der Waals surface area contributed by atoms with Crippen molar-refractivity contribution in [1.82, 2.24) is 0 Å². The highest BCUT2D eigenvalue weighted by Crippen LogP contribution is 2.18. The number of hydrogen-bond acceptors (Lipinski definition) is 1. The monoisotopic (exact) mass is 317 g/mol. The van der Waals surface area contributed by atoms with Gasteiger partial charge in [0.1, 0.15) is 0 Å². The molecule has 0 saturated carbocycles. The molecule has 0 aliphatic rings. The zero-order valence-electron chi connectivity index (χ0n) is 10.6. The lowest BCUT2D eigenvalue weighted by molar-refractivity contribution is -0.117. The fraction of sp³-hybridized carbons (Fsp3) is 0.188. The van der Waals surface area contributed by atoms with Gasteiger partial charge in [-0.25, -0.2) is 0 Å². The van der Waals surface area contributed by atoms with Gasteiger partial charge in [0.05, 0.1) is 4.83 Å². The van der Waals surface area contributed by atoms with Crippen molar-refractivity contribution in [2.45, 2.75) is 17.7 Å². The lowest BCUT2D eigenvalue weighted by atomic mass is 9.97. The van der Waals surface area contributed by atoms with Crippen LogP contribution in [0.2, 0.25) is 0 Å². The maximum absolute atomic E-state index is 11.1. The van der Waals surface area contributed by atoms with Crippen LogP contribution in [0, 0.1) is 0 Å². The molecule has 0 heterocycles. The summed E-state index contributed by atoms with van der Waals surface area (Å²) < 4.78 is 0. The summed E-state index contributed by atoms with van der Waals surface area (Å²) >= 11 is 3.32. The first kappa shape index (κ1) is 13.8. The fourth-order valence-electron chi connectivity index (χ4n) is 2.04. The molecule has 1 atom stereocenters. The number of halogens is 1. The number of carbonyl (C=O) groups excluding carboxylic acids is 1. The van der Waals surface area contributed by atoms with Crippen LogP contribution in [0.3, 0.4) is 0 Å². The number of amides is 1. The molecule has 0 radical (unpaired) electrons. The highest BCUT2D eigenvalue weighted by atomic mass is 79.9. The molecule has 1 amide bonds. The van der Waals surface area contributed by atoms with E-state index in [9.17, 15) is 4.79 Å². The van der Waals surface area contributed by atoms with Gasteiger partial charge in [-0.3, -0.25) is 4.79 Å². The molecule has 19 heavy (non-hydrogen) atoms. The van der Waals surface area contributed by atoms with Gasteiger partial charge in [-0.2, -0.15) is 0 Å². The van der Waals surface area contributed by atoms with Crippen LogP contribution in [0.5, 0.6) is 0 Å². The molecule has 0 aliphatic heterocycles. The summed E-state index contributed by atoms with van der Waals surface area (Å²) in [6, 6.07) is 18.5. The number of benzene rings is 2. The minimum absolute atomic E-state index is 0.315. The van der Waals surface area contributed by atoms with E-state index in [0.29, 0.717) is 6.42 Å². The summed E-state index contributed by atoms with van der Waals surface area (Å²) in [5.74, 6) is -0.325. The van der Waals surface area contributed by atoms with Crippen molar-refractivity contribution in [3.05, 3.63) is 71.3 Å². The average molecular weight is 318 g/mol. The van der Waals surface area contributed by atoms with Gasteiger partial charge < -0.3 is 5.73 Å². The Hall–Kier alpha value is -1.61. The first-order chi connectivity index (χ1) is 9.16. The van der Waals surface area contributed by atoms with Crippen LogP contribution in [0.1, 0.15) is 16.7 Å². The maximum Gasteiger partial charge on any atom is 0.231 e. The summed E-state index contributed by atoms with van der Waals surface area (Å²) in [5.41, 5.74) is 8.96. The maximum atomic E-state index is 11.1. The van der Waals surface area contributed by atoms with Crippen LogP contribution in [-0.4, -0.2) is 10.7 Å². The number of hydrogen-bond donors (Lipinski definition) is 1. The zero-order chi connectivity index (χ0) is 13.7. The van der Waals surface area contributed by atoms with Gasteiger partial charge in [0.25, 0.3) is 0 Å². The van der Waals surface area contributed by atoms with Gasteiger partial charge in [0.15, 0.2) is 0 Å². The van der Waals surface area contributed by atoms with E-state index < -0.39 is 0 Å². The normalized spacial score (nSPS) is 12.1. The molecule has 3 heteroatoms. The summed E-state index contributed by atoms with van der Waals surface area (Å²) in [6.45, 7) is 0. The molecule has 0 saturated heterocycles. The van der Waals surface area contributed by atoms with E-state index in [-0.39, 0.29) is 10.7 Å². The van der Waals surface area contributed by atoms with Gasteiger partial charge in [-0.05, 0) is 29.5 Å². The van der Waals surface area contributed by atoms with Crippen LogP contribution < -0.4 is 5.73 Å². The second kappa shape index (κ2) is 6.53. The van der Waals surface area contributed by atoms with E-state index in [1.54, 1.807) is 0 Å². The summed E-state index contributed by atoms with van der Waals surface area (Å²) in [7, 11) is 0. The van der Waals surface area contributed by atoms with Gasteiger partial charge in [0, 0.05) is 0 Å². The van der Waals surface area contributed by atoms with Crippen molar-refractivity contribution in [1.29, 1.82) is 0 Å². The van der Waals surface area contributed by atoms with Gasteiger partial charge >= 0.3 is 0 Å². The largest absolute Gasteiger partial charge is 0.369 e. The third-order valence-electron chi connectivity index (χ3n) is 3.06.